The van der Waals surface area contributed by atoms with E-state index in [1.54, 1.807) is 60.7 Å². The molecule has 36 heavy (non-hydrogen) atoms. The molecule has 1 fully saturated rings. The fourth-order valence-electron chi connectivity index (χ4n) is 4.98. The predicted octanol–water partition coefficient (Wildman–Crippen LogP) is 4.24. The average molecular weight is 504 g/mol. The van der Waals surface area contributed by atoms with Crippen LogP contribution >= 0.6 is 0 Å². The predicted molar refractivity (Wildman–Crippen MR) is 140 cm³/mol. The van der Waals surface area contributed by atoms with Gasteiger partial charge in [-0.1, -0.05) is 30.3 Å². The van der Waals surface area contributed by atoms with Gasteiger partial charge in [-0.2, -0.15) is 0 Å². The summed E-state index contributed by atoms with van der Waals surface area (Å²) in [6, 6.07) is 20.6. The number of carbonyl (C=O) groups is 2. The van der Waals surface area contributed by atoms with E-state index in [0.29, 0.717) is 29.8 Å². The number of anilines is 2. The van der Waals surface area contributed by atoms with Crippen LogP contribution in [0, 0.1) is 0 Å². The van der Waals surface area contributed by atoms with Gasteiger partial charge < -0.3 is 10.2 Å². The van der Waals surface area contributed by atoms with Gasteiger partial charge in [-0.15, -0.1) is 0 Å². The minimum atomic E-state index is -3.70. The molecule has 0 aromatic heterocycles. The van der Waals surface area contributed by atoms with Gasteiger partial charge in [0, 0.05) is 30.4 Å². The van der Waals surface area contributed by atoms with Gasteiger partial charge in [-0.25, -0.2) is 8.42 Å². The Morgan fingerprint density at radius 2 is 1.64 bits per heavy atom. The van der Waals surface area contributed by atoms with Crippen LogP contribution in [0.3, 0.4) is 0 Å². The Morgan fingerprint density at radius 3 is 2.33 bits per heavy atom. The molecule has 5 rings (SSSR count). The van der Waals surface area contributed by atoms with Crippen LogP contribution in [0.25, 0.3) is 0 Å². The zero-order valence-corrected chi connectivity index (χ0v) is 21.0. The molecule has 0 saturated carbocycles. The first-order valence-corrected chi connectivity index (χ1v) is 13.7. The lowest BCUT2D eigenvalue weighted by atomic mass is 10.1. The molecule has 0 bridgehead atoms. The van der Waals surface area contributed by atoms with Crippen molar-refractivity contribution < 1.29 is 18.0 Å². The fraction of sp³-hybridized carbons (Fsp3) is 0.286. The summed E-state index contributed by atoms with van der Waals surface area (Å²) >= 11 is 0. The molecule has 1 N–H and O–H groups in total. The number of amides is 2. The quantitative estimate of drug-likeness (QED) is 0.545. The summed E-state index contributed by atoms with van der Waals surface area (Å²) in [5, 5.41) is 2.90. The molecule has 7 nitrogen and oxygen atoms in total. The second-order valence-electron chi connectivity index (χ2n) is 9.43. The standard InChI is InChI=1S/C28H29N3O4S/c1-20-17-23-19-22(11-14-26(23)31(20)36(34,35)25-7-3-2-4-8-25)28(33)29-24-12-9-21(10-13-24)18-27(32)30-15-5-6-16-30/h2-4,7-14,19-20H,5-6,15-18H2,1H3,(H,29,33). The Kier molecular flexibility index (Phi) is 6.53. The van der Waals surface area contributed by atoms with E-state index in [4.69, 9.17) is 0 Å². The zero-order chi connectivity index (χ0) is 25.3. The minimum Gasteiger partial charge on any atom is -0.342 e. The van der Waals surface area contributed by atoms with Crippen molar-refractivity contribution in [1.29, 1.82) is 0 Å². The molecule has 0 spiro atoms. The summed E-state index contributed by atoms with van der Waals surface area (Å²) < 4.78 is 28.0. The van der Waals surface area contributed by atoms with Crippen molar-refractivity contribution in [2.24, 2.45) is 0 Å². The Morgan fingerprint density at radius 1 is 0.944 bits per heavy atom. The average Bonchev–Trinajstić information content (AvgIpc) is 3.53. The lowest BCUT2D eigenvalue weighted by Gasteiger charge is -2.24. The van der Waals surface area contributed by atoms with Gasteiger partial charge >= 0.3 is 0 Å². The summed E-state index contributed by atoms with van der Waals surface area (Å²) in [5.74, 6) is -0.129. The lowest BCUT2D eigenvalue weighted by Crippen LogP contribution is -2.35. The molecule has 186 valence electrons. The Hall–Kier alpha value is -3.65. The van der Waals surface area contributed by atoms with Crippen molar-refractivity contribution >= 4 is 33.2 Å². The van der Waals surface area contributed by atoms with Crippen LogP contribution in [0.2, 0.25) is 0 Å². The number of sulfonamides is 1. The first-order valence-electron chi connectivity index (χ1n) is 12.2. The van der Waals surface area contributed by atoms with Crippen molar-refractivity contribution in [3.63, 3.8) is 0 Å². The molecular formula is C28H29N3O4S. The van der Waals surface area contributed by atoms with Crippen molar-refractivity contribution in [2.75, 3.05) is 22.7 Å². The fourth-order valence-corrected chi connectivity index (χ4v) is 6.69. The van der Waals surface area contributed by atoms with E-state index in [-0.39, 0.29) is 22.8 Å². The second kappa shape index (κ2) is 9.78. The van der Waals surface area contributed by atoms with Crippen molar-refractivity contribution in [3.8, 4) is 0 Å². The van der Waals surface area contributed by atoms with Gasteiger partial charge in [-0.3, -0.25) is 13.9 Å². The number of nitrogens with one attached hydrogen (secondary N) is 1. The number of likely N-dealkylation sites (tertiary alicyclic amines) is 1. The summed E-state index contributed by atoms with van der Waals surface area (Å²) in [7, 11) is -3.70. The molecule has 2 aliphatic rings. The second-order valence-corrected chi connectivity index (χ2v) is 11.2. The van der Waals surface area contributed by atoms with Gasteiger partial charge in [-0.05, 0) is 79.8 Å². The van der Waals surface area contributed by atoms with Gasteiger partial charge in [0.25, 0.3) is 15.9 Å². The summed E-state index contributed by atoms with van der Waals surface area (Å²) in [6.07, 6.45) is 3.03. The number of rotatable bonds is 6. The third-order valence-electron chi connectivity index (χ3n) is 6.82. The summed E-state index contributed by atoms with van der Waals surface area (Å²) in [4.78, 5) is 27.4. The van der Waals surface area contributed by atoms with E-state index in [1.165, 1.54) is 4.31 Å². The normalized spacial score (nSPS) is 17.2. The van der Waals surface area contributed by atoms with Crippen molar-refractivity contribution in [2.45, 2.75) is 43.5 Å². The molecule has 3 aromatic rings. The molecule has 3 aromatic carbocycles. The Labute approximate surface area is 211 Å². The highest BCUT2D eigenvalue weighted by atomic mass is 32.2. The largest absolute Gasteiger partial charge is 0.342 e. The van der Waals surface area contributed by atoms with Crippen LogP contribution in [0.15, 0.2) is 77.7 Å². The number of hydrogen-bond acceptors (Lipinski definition) is 4. The highest BCUT2D eigenvalue weighted by Gasteiger charge is 2.36. The maximum atomic E-state index is 13.3. The van der Waals surface area contributed by atoms with Crippen LogP contribution in [-0.2, 0) is 27.7 Å². The lowest BCUT2D eigenvalue weighted by molar-refractivity contribution is -0.129. The van der Waals surface area contributed by atoms with E-state index in [2.05, 4.69) is 5.32 Å². The molecule has 0 radical (unpaired) electrons. The third-order valence-corrected chi connectivity index (χ3v) is 8.76. The van der Waals surface area contributed by atoms with Gasteiger partial charge in [0.2, 0.25) is 5.91 Å². The van der Waals surface area contributed by atoms with Gasteiger partial charge in [0.15, 0.2) is 0 Å². The third kappa shape index (κ3) is 4.73. The molecule has 2 aliphatic heterocycles. The van der Waals surface area contributed by atoms with Crippen LogP contribution < -0.4 is 9.62 Å². The maximum absolute atomic E-state index is 13.3. The number of nitrogens with zero attached hydrogens (tertiary/aromatic N) is 2. The van der Waals surface area contributed by atoms with Crippen LogP contribution in [-0.4, -0.2) is 44.3 Å². The zero-order valence-electron chi connectivity index (χ0n) is 20.2. The van der Waals surface area contributed by atoms with E-state index >= 15 is 0 Å². The summed E-state index contributed by atoms with van der Waals surface area (Å²) in [6.45, 7) is 3.54. The van der Waals surface area contributed by atoms with Gasteiger partial charge in [0.05, 0.1) is 17.0 Å². The highest BCUT2D eigenvalue weighted by Crippen LogP contribution is 2.37. The van der Waals surface area contributed by atoms with Crippen molar-refractivity contribution in [1.82, 2.24) is 4.90 Å². The van der Waals surface area contributed by atoms with Crippen LogP contribution in [0.4, 0.5) is 11.4 Å². The minimum absolute atomic E-state index is 0.139. The Bertz CT molecular complexity index is 1380. The molecule has 8 heteroatoms. The topological polar surface area (TPSA) is 86.8 Å². The molecule has 0 aliphatic carbocycles. The van der Waals surface area contributed by atoms with Crippen molar-refractivity contribution in [3.05, 3.63) is 89.5 Å². The van der Waals surface area contributed by atoms with E-state index in [1.807, 2.05) is 24.0 Å². The number of carbonyl (C=O) groups excluding carboxylic acids is 2. The van der Waals surface area contributed by atoms with Crippen LogP contribution in [0.5, 0.6) is 0 Å². The van der Waals surface area contributed by atoms with Crippen LogP contribution in [0.1, 0.15) is 41.3 Å². The molecule has 2 heterocycles. The first kappa shape index (κ1) is 24.1. The van der Waals surface area contributed by atoms with Gasteiger partial charge in [0.1, 0.15) is 0 Å². The number of fused-ring (bicyclic) bond motifs is 1. The SMILES string of the molecule is CC1Cc2cc(C(=O)Nc3ccc(CC(=O)N4CCCC4)cc3)ccc2N1S(=O)(=O)c1ccccc1. The smallest absolute Gasteiger partial charge is 0.264 e. The molecular weight excluding hydrogens is 474 g/mol. The maximum Gasteiger partial charge on any atom is 0.264 e. The molecule has 1 saturated heterocycles. The number of benzene rings is 3. The molecule has 1 unspecified atom stereocenters. The van der Waals surface area contributed by atoms with E-state index < -0.39 is 10.0 Å². The molecule has 2 amide bonds. The monoisotopic (exact) mass is 503 g/mol. The summed E-state index contributed by atoms with van der Waals surface area (Å²) in [5.41, 5.74) is 3.45. The Balaban J connectivity index is 1.28. The molecule has 1 atom stereocenters. The van der Waals surface area contributed by atoms with E-state index in [9.17, 15) is 18.0 Å². The highest BCUT2D eigenvalue weighted by molar-refractivity contribution is 7.92. The number of hydrogen-bond donors (Lipinski definition) is 1. The van der Waals surface area contributed by atoms with E-state index in [0.717, 1.165) is 37.1 Å². The first-order chi connectivity index (χ1) is 17.3.